The van der Waals surface area contributed by atoms with Gasteiger partial charge in [0.15, 0.2) is 5.82 Å². The molecule has 2 fully saturated rings. The zero-order valence-corrected chi connectivity index (χ0v) is 15.3. The van der Waals surface area contributed by atoms with Gasteiger partial charge in [0.05, 0.1) is 0 Å². The van der Waals surface area contributed by atoms with E-state index < -0.39 is 0 Å². The first-order chi connectivity index (χ1) is 12.2. The summed E-state index contributed by atoms with van der Waals surface area (Å²) in [5.41, 5.74) is 1.24. The number of urea groups is 1. The molecule has 0 bridgehead atoms. The number of nitrogens with one attached hydrogen (secondary N) is 1. The third kappa shape index (κ3) is 3.82. The minimum absolute atomic E-state index is 0.00383. The van der Waals surface area contributed by atoms with Crippen molar-refractivity contribution in [2.75, 3.05) is 51.6 Å². The SMILES string of the molecule is CN1CCCC(N2CCN(C(=O)Nc3cc4n(n3)CCCC4)CC2)C1. The third-order valence-electron chi connectivity index (χ3n) is 5.87. The Kier molecular flexibility index (Phi) is 4.94. The molecule has 1 aromatic heterocycles. The van der Waals surface area contributed by atoms with Crippen LogP contribution in [0.1, 0.15) is 31.4 Å². The molecule has 1 N–H and O–H groups in total. The number of rotatable bonds is 2. The van der Waals surface area contributed by atoms with Crippen molar-refractivity contribution in [3.63, 3.8) is 0 Å². The molecule has 0 aromatic carbocycles. The van der Waals surface area contributed by atoms with Gasteiger partial charge in [-0.15, -0.1) is 0 Å². The maximum atomic E-state index is 12.6. The highest BCUT2D eigenvalue weighted by Crippen LogP contribution is 2.19. The van der Waals surface area contributed by atoms with Crippen LogP contribution in [0.2, 0.25) is 0 Å². The topological polar surface area (TPSA) is 56.6 Å². The van der Waals surface area contributed by atoms with Crippen molar-refractivity contribution in [3.8, 4) is 0 Å². The molecule has 0 saturated carbocycles. The Morgan fingerprint density at radius 3 is 2.72 bits per heavy atom. The summed E-state index contributed by atoms with van der Waals surface area (Å²) < 4.78 is 2.04. The van der Waals surface area contributed by atoms with Gasteiger partial charge in [0.2, 0.25) is 0 Å². The van der Waals surface area contributed by atoms with Crippen LogP contribution in [0.3, 0.4) is 0 Å². The van der Waals surface area contributed by atoms with Crippen molar-refractivity contribution in [1.29, 1.82) is 0 Å². The number of amides is 2. The molecule has 4 heterocycles. The van der Waals surface area contributed by atoms with Gasteiger partial charge < -0.3 is 9.80 Å². The van der Waals surface area contributed by atoms with Crippen LogP contribution in [-0.2, 0) is 13.0 Å². The van der Waals surface area contributed by atoms with Gasteiger partial charge in [-0.1, -0.05) is 0 Å². The van der Waals surface area contributed by atoms with Crippen LogP contribution < -0.4 is 5.32 Å². The Bertz CT molecular complexity index is 583. The predicted octanol–water partition coefficient (Wildman–Crippen LogP) is 1.46. The number of carbonyl (C=O) groups is 1. The monoisotopic (exact) mass is 346 g/mol. The van der Waals surface area contributed by atoms with Crippen LogP contribution in [-0.4, -0.2) is 82.9 Å². The first-order valence-electron chi connectivity index (χ1n) is 9.74. The van der Waals surface area contributed by atoms with E-state index >= 15 is 0 Å². The molecule has 1 atom stereocenters. The Labute approximate surface area is 149 Å². The van der Waals surface area contributed by atoms with E-state index in [1.165, 1.54) is 37.9 Å². The second-order valence-corrected chi connectivity index (χ2v) is 7.71. The Morgan fingerprint density at radius 1 is 1.12 bits per heavy atom. The van der Waals surface area contributed by atoms with E-state index in [2.05, 4.69) is 27.3 Å². The maximum Gasteiger partial charge on any atom is 0.323 e. The Balaban J connectivity index is 1.28. The van der Waals surface area contributed by atoms with Gasteiger partial charge in [-0.05, 0) is 45.7 Å². The molecule has 3 aliphatic heterocycles. The lowest BCUT2D eigenvalue weighted by atomic mass is 10.0. The molecule has 138 valence electrons. The summed E-state index contributed by atoms with van der Waals surface area (Å²) in [4.78, 5) is 19.5. The van der Waals surface area contributed by atoms with E-state index in [1.807, 2.05) is 15.6 Å². The van der Waals surface area contributed by atoms with Crippen molar-refractivity contribution in [3.05, 3.63) is 11.8 Å². The van der Waals surface area contributed by atoms with E-state index in [0.29, 0.717) is 11.9 Å². The lowest BCUT2D eigenvalue weighted by molar-refractivity contribution is 0.0717. The number of fused-ring (bicyclic) bond motifs is 1. The molecule has 1 unspecified atom stereocenters. The summed E-state index contributed by atoms with van der Waals surface area (Å²) >= 11 is 0. The summed E-state index contributed by atoms with van der Waals surface area (Å²) in [6.07, 6.45) is 6.04. The van der Waals surface area contributed by atoms with Crippen LogP contribution in [0.5, 0.6) is 0 Å². The second kappa shape index (κ2) is 7.33. The first-order valence-corrected chi connectivity index (χ1v) is 9.74. The largest absolute Gasteiger partial charge is 0.323 e. The molecule has 1 aromatic rings. The highest BCUT2D eigenvalue weighted by molar-refractivity contribution is 5.88. The van der Waals surface area contributed by atoms with Crippen molar-refractivity contribution < 1.29 is 4.79 Å². The molecule has 7 heteroatoms. The molecular formula is C18H30N6O. The number of hydrogen-bond donors (Lipinski definition) is 1. The van der Waals surface area contributed by atoms with Crippen LogP contribution in [0.25, 0.3) is 0 Å². The highest BCUT2D eigenvalue weighted by Gasteiger charge is 2.28. The van der Waals surface area contributed by atoms with Gasteiger partial charge in [0.1, 0.15) is 0 Å². The van der Waals surface area contributed by atoms with Crippen LogP contribution in [0.4, 0.5) is 10.6 Å². The van der Waals surface area contributed by atoms with Gasteiger partial charge in [0.25, 0.3) is 0 Å². The van der Waals surface area contributed by atoms with E-state index in [9.17, 15) is 4.79 Å². The fraction of sp³-hybridized carbons (Fsp3) is 0.778. The van der Waals surface area contributed by atoms with Crippen LogP contribution in [0, 0.1) is 0 Å². The minimum atomic E-state index is -0.00383. The number of hydrogen-bond acceptors (Lipinski definition) is 4. The normalized spacial score (nSPS) is 25.6. The minimum Gasteiger partial charge on any atom is -0.322 e. The molecule has 0 spiro atoms. The Hall–Kier alpha value is -1.60. The number of aromatic nitrogens is 2. The van der Waals surface area contributed by atoms with E-state index in [0.717, 1.165) is 45.7 Å². The molecule has 2 saturated heterocycles. The second-order valence-electron chi connectivity index (χ2n) is 7.71. The van der Waals surface area contributed by atoms with Crippen molar-refractivity contribution in [2.24, 2.45) is 0 Å². The number of piperidine rings is 1. The molecule has 2 amide bonds. The van der Waals surface area contributed by atoms with Gasteiger partial charge >= 0.3 is 6.03 Å². The van der Waals surface area contributed by atoms with Gasteiger partial charge in [-0.25, -0.2) is 4.79 Å². The summed E-state index contributed by atoms with van der Waals surface area (Å²) in [6, 6.07) is 2.69. The van der Waals surface area contributed by atoms with Gasteiger partial charge in [-0.3, -0.25) is 14.9 Å². The summed E-state index contributed by atoms with van der Waals surface area (Å²) in [7, 11) is 2.21. The van der Waals surface area contributed by atoms with Gasteiger partial charge in [0, 0.05) is 57.1 Å². The van der Waals surface area contributed by atoms with Crippen molar-refractivity contribution in [1.82, 2.24) is 24.5 Å². The number of aryl methyl sites for hydroxylation is 2. The molecule has 0 aliphatic carbocycles. The summed E-state index contributed by atoms with van der Waals surface area (Å²) in [6.45, 7) is 6.91. The molecule has 25 heavy (non-hydrogen) atoms. The molecular weight excluding hydrogens is 316 g/mol. The number of piperazine rings is 1. The van der Waals surface area contributed by atoms with E-state index in [4.69, 9.17) is 0 Å². The molecule has 7 nitrogen and oxygen atoms in total. The van der Waals surface area contributed by atoms with Crippen molar-refractivity contribution >= 4 is 11.8 Å². The van der Waals surface area contributed by atoms with Crippen LogP contribution in [0.15, 0.2) is 6.07 Å². The lowest BCUT2D eigenvalue weighted by Crippen LogP contribution is -2.56. The number of nitrogens with zero attached hydrogens (tertiary/aromatic N) is 5. The highest BCUT2D eigenvalue weighted by atomic mass is 16.2. The standard InChI is InChI=1S/C18H30N6O/c1-21-7-4-6-16(14-21)22-9-11-23(12-10-22)18(25)19-17-13-15-5-2-3-8-24(15)20-17/h13,16H,2-12,14H2,1H3,(H,19,20,25). The zero-order chi connectivity index (χ0) is 17.2. The molecule has 3 aliphatic rings. The number of anilines is 1. The van der Waals surface area contributed by atoms with E-state index in [-0.39, 0.29) is 6.03 Å². The summed E-state index contributed by atoms with van der Waals surface area (Å²) in [5.74, 6) is 0.707. The first kappa shape index (κ1) is 16.8. The zero-order valence-electron chi connectivity index (χ0n) is 15.3. The quantitative estimate of drug-likeness (QED) is 0.881. The molecule has 4 rings (SSSR count). The van der Waals surface area contributed by atoms with Gasteiger partial charge in [-0.2, -0.15) is 5.10 Å². The average molecular weight is 346 g/mol. The van der Waals surface area contributed by atoms with Crippen molar-refractivity contribution in [2.45, 2.75) is 44.7 Å². The smallest absolute Gasteiger partial charge is 0.322 e. The fourth-order valence-electron chi connectivity index (χ4n) is 4.40. The van der Waals surface area contributed by atoms with Crippen LogP contribution >= 0.6 is 0 Å². The number of likely N-dealkylation sites (tertiary alicyclic amines) is 1. The predicted molar refractivity (Wildman–Crippen MR) is 97.8 cm³/mol. The lowest BCUT2D eigenvalue weighted by Gasteiger charge is -2.42. The van der Waals surface area contributed by atoms with E-state index in [1.54, 1.807) is 0 Å². The fourth-order valence-corrected chi connectivity index (χ4v) is 4.40. The number of carbonyl (C=O) groups excluding carboxylic acids is 1. The summed E-state index contributed by atoms with van der Waals surface area (Å²) in [5, 5.41) is 7.52. The maximum absolute atomic E-state index is 12.6. The Morgan fingerprint density at radius 2 is 1.96 bits per heavy atom. The molecule has 0 radical (unpaired) electrons. The average Bonchev–Trinajstić information content (AvgIpc) is 3.04. The number of likely N-dealkylation sites (N-methyl/N-ethyl adjacent to an activating group) is 1. The third-order valence-corrected chi connectivity index (χ3v) is 5.87.